The van der Waals surface area contributed by atoms with Crippen LogP contribution in [0.2, 0.25) is 0 Å². The summed E-state index contributed by atoms with van der Waals surface area (Å²) in [5.74, 6) is -10.1. The van der Waals surface area contributed by atoms with Crippen LogP contribution in [0, 0.1) is 11.8 Å². The largest absolute Gasteiger partial charge is 0.508 e. The maximum absolute atomic E-state index is 14.0. The molecule has 6 N–H and O–H groups in total. The fourth-order valence-corrected chi connectivity index (χ4v) is 7.23. The monoisotopic (exact) mass is 576 g/mol. The quantitative estimate of drug-likeness (QED) is 0.317. The molecule has 222 valence electrons. The zero-order chi connectivity index (χ0) is 30.3. The Labute approximate surface area is 235 Å². The minimum atomic E-state index is -2.81. The van der Waals surface area contributed by atoms with Crippen molar-refractivity contribution in [2.24, 2.45) is 17.6 Å². The van der Waals surface area contributed by atoms with E-state index in [1.807, 2.05) is 0 Å². The lowest BCUT2D eigenvalue weighted by molar-refractivity contribution is -0.153. The second-order valence-electron chi connectivity index (χ2n) is 11.9. The van der Waals surface area contributed by atoms with Gasteiger partial charge in [-0.3, -0.25) is 24.2 Å². The third kappa shape index (κ3) is 4.20. The summed E-state index contributed by atoms with van der Waals surface area (Å²) in [6.45, 7) is -0.123. The minimum Gasteiger partial charge on any atom is -0.508 e. The maximum Gasteiger partial charge on any atom is 0.261 e. The summed E-state index contributed by atoms with van der Waals surface area (Å²) in [4.78, 5) is 44.1. The van der Waals surface area contributed by atoms with E-state index < -0.39 is 70.5 Å². The van der Waals surface area contributed by atoms with Crippen molar-refractivity contribution in [1.29, 1.82) is 0 Å². The van der Waals surface area contributed by atoms with Gasteiger partial charge in [-0.25, -0.2) is 8.78 Å². The van der Waals surface area contributed by atoms with Crippen LogP contribution in [0.3, 0.4) is 0 Å². The number of likely N-dealkylation sites (N-methyl/N-ethyl adjacent to an activating group) is 1. The van der Waals surface area contributed by atoms with Gasteiger partial charge in [-0.1, -0.05) is 0 Å². The molecule has 0 spiro atoms. The molecule has 0 aromatic heterocycles. The average molecular weight is 577 g/mol. The van der Waals surface area contributed by atoms with Gasteiger partial charge in [-0.05, 0) is 50.0 Å². The van der Waals surface area contributed by atoms with Gasteiger partial charge in [-0.15, -0.1) is 0 Å². The molecule has 11 nitrogen and oxygen atoms in total. The van der Waals surface area contributed by atoms with Gasteiger partial charge in [0.2, 0.25) is 5.78 Å². The highest BCUT2D eigenvalue weighted by Crippen LogP contribution is 2.54. The molecule has 1 saturated heterocycles. The number of phenolic OH excluding ortho intramolecular Hbond substituents is 1. The highest BCUT2D eigenvalue weighted by molar-refractivity contribution is 6.24. The fourth-order valence-electron chi connectivity index (χ4n) is 7.23. The van der Waals surface area contributed by atoms with Gasteiger partial charge in [-0.2, -0.15) is 0 Å². The topological polar surface area (TPSA) is 168 Å². The summed E-state index contributed by atoms with van der Waals surface area (Å²) in [6, 6.07) is 0.188. The molecule has 4 atom stereocenters. The van der Waals surface area contributed by atoms with Crippen LogP contribution in [0.1, 0.15) is 29.5 Å². The van der Waals surface area contributed by atoms with Gasteiger partial charge in [0.15, 0.2) is 11.4 Å². The van der Waals surface area contributed by atoms with Crippen molar-refractivity contribution in [3.63, 3.8) is 0 Å². The molecule has 3 aliphatic carbocycles. The predicted octanol–water partition coefficient (Wildman–Crippen LogP) is 0.871. The number of hydrogen-bond acceptors (Lipinski definition) is 10. The van der Waals surface area contributed by atoms with E-state index in [1.165, 1.54) is 25.1 Å². The Morgan fingerprint density at radius 2 is 1.83 bits per heavy atom. The predicted molar refractivity (Wildman–Crippen MR) is 143 cm³/mol. The van der Waals surface area contributed by atoms with E-state index in [4.69, 9.17) is 5.73 Å². The van der Waals surface area contributed by atoms with Gasteiger partial charge in [0, 0.05) is 50.8 Å². The van der Waals surface area contributed by atoms with E-state index in [0.29, 0.717) is 16.8 Å². The number of phenols is 1. The number of aliphatic hydroxyl groups is 3. The smallest absolute Gasteiger partial charge is 0.261 e. The molecule has 41 heavy (non-hydrogen) atoms. The van der Waals surface area contributed by atoms with E-state index >= 15 is 0 Å². The van der Waals surface area contributed by atoms with Crippen LogP contribution in [0.5, 0.6) is 5.75 Å². The molecular weight excluding hydrogens is 542 g/mol. The van der Waals surface area contributed by atoms with Gasteiger partial charge in [0.25, 0.3) is 11.8 Å². The number of carbonyl (C=O) groups is 3. The van der Waals surface area contributed by atoms with Crippen molar-refractivity contribution < 1.29 is 43.6 Å². The number of aromatic hydroxyl groups is 1. The van der Waals surface area contributed by atoms with Crippen molar-refractivity contribution in [3.8, 4) is 5.75 Å². The van der Waals surface area contributed by atoms with E-state index in [1.54, 1.807) is 23.9 Å². The Morgan fingerprint density at radius 3 is 2.37 bits per heavy atom. The molecule has 1 aromatic carbocycles. The van der Waals surface area contributed by atoms with Crippen LogP contribution in [0.25, 0.3) is 5.76 Å². The number of nitrogens with zero attached hydrogens (tertiary/aromatic N) is 3. The van der Waals surface area contributed by atoms with Gasteiger partial charge in [0.05, 0.1) is 18.2 Å². The summed E-state index contributed by atoms with van der Waals surface area (Å²) >= 11 is 0. The number of halogens is 2. The van der Waals surface area contributed by atoms with Crippen LogP contribution >= 0.6 is 0 Å². The number of Topliss-reactive ketones (excluding diaryl/α,β-unsaturated/α-hetero) is 2. The highest BCUT2D eigenvalue weighted by atomic mass is 19.3. The molecular formula is C28H34F2N4O7. The fraction of sp³-hybridized carbons (Fsp3) is 0.536. The number of alkyl halides is 2. The second kappa shape index (κ2) is 9.50. The number of aliphatic hydroxyl groups excluding tert-OH is 2. The number of ketones is 2. The van der Waals surface area contributed by atoms with Gasteiger partial charge in [0.1, 0.15) is 22.8 Å². The lowest BCUT2D eigenvalue weighted by Crippen LogP contribution is -2.65. The Morgan fingerprint density at radius 1 is 1.17 bits per heavy atom. The number of fused-ring (bicyclic) bond motifs is 3. The zero-order valence-corrected chi connectivity index (χ0v) is 23.2. The van der Waals surface area contributed by atoms with Crippen LogP contribution in [0.15, 0.2) is 23.0 Å². The van der Waals surface area contributed by atoms with Crippen molar-refractivity contribution in [2.45, 2.75) is 43.4 Å². The molecule has 4 aliphatic rings. The first kappa shape index (κ1) is 29.0. The summed E-state index contributed by atoms with van der Waals surface area (Å²) < 4.78 is 27.8. The molecule has 1 heterocycles. The summed E-state index contributed by atoms with van der Waals surface area (Å²) in [5, 5.41) is 45.2. The first-order chi connectivity index (χ1) is 19.0. The first-order valence-corrected chi connectivity index (χ1v) is 13.3. The summed E-state index contributed by atoms with van der Waals surface area (Å²) in [7, 11) is 6.55. The summed E-state index contributed by atoms with van der Waals surface area (Å²) in [5.41, 5.74) is 3.11. The molecule has 1 amide bonds. The Kier molecular flexibility index (Phi) is 6.71. The Hall–Kier alpha value is -3.55. The van der Waals surface area contributed by atoms with Gasteiger partial charge >= 0.3 is 0 Å². The van der Waals surface area contributed by atoms with Crippen LogP contribution in [0.4, 0.5) is 14.5 Å². The van der Waals surface area contributed by atoms with Crippen LogP contribution in [-0.4, -0.2) is 107 Å². The average Bonchev–Trinajstić information content (AvgIpc) is 3.18. The molecule has 1 saturated carbocycles. The zero-order valence-electron chi connectivity index (χ0n) is 23.2. The molecule has 2 fully saturated rings. The van der Waals surface area contributed by atoms with Crippen molar-refractivity contribution >= 4 is 28.9 Å². The lowest BCUT2D eigenvalue weighted by Gasteiger charge is -2.50. The second-order valence-corrected chi connectivity index (χ2v) is 11.9. The maximum atomic E-state index is 14.0. The number of likely N-dealkylation sites (tertiary alicyclic amines) is 1. The van der Waals surface area contributed by atoms with E-state index in [0.717, 1.165) is 0 Å². The van der Waals surface area contributed by atoms with Gasteiger partial charge < -0.3 is 31.1 Å². The number of amides is 1. The first-order valence-electron chi connectivity index (χ1n) is 13.3. The summed E-state index contributed by atoms with van der Waals surface area (Å²) in [6.07, 6.45) is -0.200. The molecule has 5 rings (SSSR count). The molecule has 13 heteroatoms. The molecule has 1 aromatic rings. The number of rotatable bonds is 5. The van der Waals surface area contributed by atoms with Crippen LogP contribution in [-0.2, 0) is 27.3 Å². The third-order valence-electron chi connectivity index (χ3n) is 8.86. The number of benzene rings is 1. The SMILES string of the molecule is CN(C)c1c(CN2CCC(F)(F)C2)cc(O)c2c1C[C@H]1C[C@H]3[C@H](N(C)C)C(=O)C(C(N)=O)=C(O)[C@@]3(O)C(=O)C1=C2O. The standard InChI is InChI=1S/C28H34F2N4O7/c1-32(2)20-13(10-34-6-5-27(29,30)11-34)9-16(35)18-14(20)7-12-8-15-21(33(3)4)23(37)19(26(31)40)25(39)28(15,41)24(38)17(12)22(18)36/h9,12,15,21,35-36,39,41H,5-8,10-11H2,1-4H3,(H2,31,40)/t12-,15-,21-,28-/m0/s1. The lowest BCUT2D eigenvalue weighted by atomic mass is 9.57. The van der Waals surface area contributed by atoms with Crippen molar-refractivity contribution in [3.05, 3.63) is 39.7 Å². The number of carbonyl (C=O) groups excluding carboxylic acids is 3. The molecule has 0 bridgehead atoms. The molecule has 0 radical (unpaired) electrons. The third-order valence-corrected chi connectivity index (χ3v) is 8.86. The number of primary amides is 1. The van der Waals surface area contributed by atoms with Crippen LogP contribution < -0.4 is 10.6 Å². The molecule has 0 unspecified atom stereocenters. The highest BCUT2D eigenvalue weighted by Gasteiger charge is 2.64. The number of anilines is 1. The van der Waals surface area contributed by atoms with E-state index in [-0.39, 0.29) is 49.2 Å². The normalized spacial score (nSPS) is 29.5. The minimum absolute atomic E-state index is 0.0397. The number of nitrogens with two attached hydrogens (primary N) is 1. The number of hydrogen-bond donors (Lipinski definition) is 5. The van der Waals surface area contributed by atoms with Crippen molar-refractivity contribution in [1.82, 2.24) is 9.80 Å². The van der Waals surface area contributed by atoms with Crippen molar-refractivity contribution in [2.75, 3.05) is 46.2 Å². The Bertz CT molecular complexity index is 1440. The Balaban J connectivity index is 1.67. The van der Waals surface area contributed by atoms with E-state index in [9.17, 15) is 43.6 Å². The van der Waals surface area contributed by atoms with E-state index in [2.05, 4.69) is 0 Å². The molecule has 1 aliphatic heterocycles.